The van der Waals surface area contributed by atoms with E-state index < -0.39 is 19.9 Å². The van der Waals surface area contributed by atoms with Crippen LogP contribution in [0.15, 0.2) is 81.4 Å². The molecule has 1 N–H and O–H groups in total. The molecule has 0 aliphatic heterocycles. The van der Waals surface area contributed by atoms with E-state index in [-0.39, 0.29) is 20.7 Å². The molecule has 156 valence electrons. The summed E-state index contributed by atoms with van der Waals surface area (Å²) >= 11 is 5.85. The summed E-state index contributed by atoms with van der Waals surface area (Å²) in [4.78, 5) is -0.0581. The summed E-state index contributed by atoms with van der Waals surface area (Å²) in [6.07, 6.45) is 1.22. The van der Waals surface area contributed by atoms with Crippen molar-refractivity contribution in [3.05, 3.63) is 88.4 Å². The zero-order valence-corrected chi connectivity index (χ0v) is 18.6. The summed E-state index contributed by atoms with van der Waals surface area (Å²) in [5.41, 5.74) is 2.73. The molecular formula is C22H20ClNO4S2. The maximum absolute atomic E-state index is 13.1. The quantitative estimate of drug-likeness (QED) is 0.624. The molecule has 0 amide bonds. The third kappa shape index (κ3) is 4.03. The second-order valence-corrected chi connectivity index (χ2v) is 11.4. The highest BCUT2D eigenvalue weighted by molar-refractivity contribution is 7.91. The van der Waals surface area contributed by atoms with Crippen molar-refractivity contribution in [3.8, 4) is 0 Å². The van der Waals surface area contributed by atoms with E-state index in [2.05, 4.69) is 4.72 Å². The molecule has 0 unspecified atom stereocenters. The number of fused-ring (bicyclic) bond motifs is 1. The standard InChI is InChI=1S/C22H20ClNO4S2/c1-15-6-9-21(29(25,26)20-10-7-18(23)8-11-20)14-22(15)30(27,28)24-19-12-16-4-2-3-5-17(16)13-19/h2-11,14,19,24H,12-13H2,1H3. The van der Waals surface area contributed by atoms with Crippen LogP contribution in [0.2, 0.25) is 5.02 Å². The van der Waals surface area contributed by atoms with Gasteiger partial charge in [0.2, 0.25) is 19.9 Å². The molecular weight excluding hydrogens is 442 g/mol. The van der Waals surface area contributed by atoms with E-state index in [4.69, 9.17) is 11.6 Å². The number of benzene rings is 3. The van der Waals surface area contributed by atoms with E-state index in [1.807, 2.05) is 24.3 Å². The first-order valence-electron chi connectivity index (χ1n) is 9.37. The molecule has 0 fully saturated rings. The maximum Gasteiger partial charge on any atom is 0.241 e. The smallest absolute Gasteiger partial charge is 0.219 e. The lowest BCUT2D eigenvalue weighted by atomic mass is 10.1. The lowest BCUT2D eigenvalue weighted by molar-refractivity contribution is 0.555. The van der Waals surface area contributed by atoms with Crippen LogP contribution in [-0.2, 0) is 32.7 Å². The summed E-state index contributed by atoms with van der Waals surface area (Å²) in [6.45, 7) is 1.65. The third-order valence-corrected chi connectivity index (χ3v) is 8.94. The van der Waals surface area contributed by atoms with Gasteiger partial charge in [-0.15, -0.1) is 0 Å². The van der Waals surface area contributed by atoms with Gasteiger partial charge in [0.15, 0.2) is 0 Å². The number of aryl methyl sites for hydroxylation is 1. The number of hydrogen-bond donors (Lipinski definition) is 1. The van der Waals surface area contributed by atoms with Crippen molar-refractivity contribution in [2.75, 3.05) is 0 Å². The predicted molar refractivity (Wildman–Crippen MR) is 116 cm³/mol. The van der Waals surface area contributed by atoms with Crippen LogP contribution in [0.25, 0.3) is 0 Å². The predicted octanol–water partition coefficient (Wildman–Crippen LogP) is 3.93. The Morgan fingerprint density at radius 1 is 0.833 bits per heavy atom. The first-order valence-corrected chi connectivity index (χ1v) is 12.7. The lowest BCUT2D eigenvalue weighted by Crippen LogP contribution is -2.35. The van der Waals surface area contributed by atoms with Gasteiger partial charge in [-0.2, -0.15) is 0 Å². The van der Waals surface area contributed by atoms with Gasteiger partial charge in [0.25, 0.3) is 0 Å². The van der Waals surface area contributed by atoms with Gasteiger partial charge in [0, 0.05) is 11.1 Å². The summed E-state index contributed by atoms with van der Waals surface area (Å²) in [5, 5.41) is 0.419. The van der Waals surface area contributed by atoms with Gasteiger partial charge < -0.3 is 0 Å². The normalized spacial score (nSPS) is 14.6. The van der Waals surface area contributed by atoms with Crippen LogP contribution in [0.3, 0.4) is 0 Å². The van der Waals surface area contributed by atoms with Gasteiger partial charge >= 0.3 is 0 Å². The monoisotopic (exact) mass is 461 g/mol. The van der Waals surface area contributed by atoms with E-state index in [1.165, 1.54) is 42.5 Å². The molecule has 1 aliphatic rings. The van der Waals surface area contributed by atoms with Crippen molar-refractivity contribution >= 4 is 31.5 Å². The van der Waals surface area contributed by atoms with Crippen molar-refractivity contribution in [2.24, 2.45) is 0 Å². The molecule has 3 aromatic rings. The topological polar surface area (TPSA) is 80.3 Å². The van der Waals surface area contributed by atoms with Crippen LogP contribution in [0, 0.1) is 6.92 Å². The number of hydrogen-bond acceptors (Lipinski definition) is 4. The highest BCUT2D eigenvalue weighted by Gasteiger charge is 2.28. The fraction of sp³-hybridized carbons (Fsp3) is 0.182. The van der Waals surface area contributed by atoms with Crippen molar-refractivity contribution in [1.82, 2.24) is 4.72 Å². The SMILES string of the molecule is Cc1ccc(S(=O)(=O)c2ccc(Cl)cc2)cc1S(=O)(=O)NC1Cc2ccccc2C1. The van der Waals surface area contributed by atoms with Crippen molar-refractivity contribution in [2.45, 2.75) is 40.5 Å². The second-order valence-electron chi connectivity index (χ2n) is 7.38. The Labute approximate surface area is 181 Å². The van der Waals surface area contributed by atoms with Crippen LogP contribution < -0.4 is 4.72 Å². The molecule has 0 radical (unpaired) electrons. The molecule has 8 heteroatoms. The van der Waals surface area contributed by atoms with Crippen LogP contribution in [0.5, 0.6) is 0 Å². The molecule has 0 saturated heterocycles. The molecule has 3 aromatic carbocycles. The highest BCUT2D eigenvalue weighted by Crippen LogP contribution is 2.28. The zero-order valence-electron chi connectivity index (χ0n) is 16.2. The summed E-state index contributed by atoms with van der Waals surface area (Å²) < 4.78 is 54.9. The Bertz CT molecular complexity index is 1290. The van der Waals surface area contributed by atoms with E-state index in [1.54, 1.807) is 6.92 Å². The minimum atomic E-state index is -3.90. The van der Waals surface area contributed by atoms with Crippen LogP contribution in [0.4, 0.5) is 0 Å². The molecule has 0 saturated carbocycles. The van der Waals surface area contributed by atoms with E-state index in [0.717, 1.165) is 11.1 Å². The number of nitrogens with one attached hydrogen (secondary N) is 1. The average molecular weight is 462 g/mol. The molecule has 0 heterocycles. The van der Waals surface area contributed by atoms with Gasteiger partial charge in [-0.25, -0.2) is 21.6 Å². The fourth-order valence-electron chi connectivity index (χ4n) is 3.71. The first kappa shape index (κ1) is 21.1. The summed E-state index contributed by atoms with van der Waals surface area (Å²) in [7, 11) is -7.78. The van der Waals surface area contributed by atoms with Crippen molar-refractivity contribution < 1.29 is 16.8 Å². The minimum Gasteiger partial charge on any atom is -0.219 e. The Balaban J connectivity index is 1.65. The Morgan fingerprint density at radius 2 is 1.40 bits per heavy atom. The van der Waals surface area contributed by atoms with Gasteiger partial charge in [-0.3, -0.25) is 0 Å². The molecule has 0 bridgehead atoms. The largest absolute Gasteiger partial charge is 0.241 e. The summed E-state index contributed by atoms with van der Waals surface area (Å²) in [5.74, 6) is 0. The van der Waals surface area contributed by atoms with Gasteiger partial charge in [0.1, 0.15) is 0 Å². The lowest BCUT2D eigenvalue weighted by Gasteiger charge is -2.15. The van der Waals surface area contributed by atoms with Crippen LogP contribution in [0.1, 0.15) is 16.7 Å². The third-order valence-electron chi connectivity index (χ3n) is 5.26. The van der Waals surface area contributed by atoms with Crippen LogP contribution in [-0.4, -0.2) is 22.9 Å². The van der Waals surface area contributed by atoms with Crippen molar-refractivity contribution in [3.63, 3.8) is 0 Å². The summed E-state index contributed by atoms with van der Waals surface area (Å²) in [6, 6.07) is 17.5. The molecule has 4 rings (SSSR count). The van der Waals surface area contributed by atoms with Crippen molar-refractivity contribution in [1.29, 1.82) is 0 Å². The molecule has 1 aliphatic carbocycles. The number of sulfone groups is 1. The highest BCUT2D eigenvalue weighted by atomic mass is 35.5. The second kappa shape index (κ2) is 7.81. The molecule has 0 spiro atoms. The van der Waals surface area contributed by atoms with E-state index in [9.17, 15) is 16.8 Å². The first-order chi connectivity index (χ1) is 14.2. The fourth-order valence-corrected chi connectivity index (χ4v) is 6.71. The maximum atomic E-state index is 13.1. The Kier molecular flexibility index (Phi) is 5.48. The van der Waals surface area contributed by atoms with Gasteiger partial charge in [-0.05, 0) is 72.9 Å². The minimum absolute atomic E-state index is 0.0338. The van der Waals surface area contributed by atoms with E-state index >= 15 is 0 Å². The number of sulfonamides is 1. The molecule has 5 nitrogen and oxygen atoms in total. The molecule has 30 heavy (non-hydrogen) atoms. The number of halogens is 1. The van der Waals surface area contributed by atoms with E-state index in [0.29, 0.717) is 23.4 Å². The Morgan fingerprint density at radius 3 is 2.00 bits per heavy atom. The molecule has 0 atom stereocenters. The number of rotatable bonds is 5. The Hall–Kier alpha value is -2.19. The zero-order chi connectivity index (χ0) is 21.5. The van der Waals surface area contributed by atoms with Crippen LogP contribution >= 0.6 is 11.6 Å². The molecule has 0 aromatic heterocycles. The average Bonchev–Trinajstić information content (AvgIpc) is 3.09. The van der Waals surface area contributed by atoms with Gasteiger partial charge in [-0.1, -0.05) is 41.9 Å². The van der Waals surface area contributed by atoms with Gasteiger partial charge in [0.05, 0.1) is 14.7 Å².